The van der Waals surface area contributed by atoms with Gasteiger partial charge in [0.1, 0.15) is 11.3 Å². The van der Waals surface area contributed by atoms with Crippen LogP contribution in [0.4, 0.5) is 27.6 Å². The molecule has 0 fully saturated rings. The van der Waals surface area contributed by atoms with Crippen molar-refractivity contribution in [2.24, 2.45) is 0 Å². The zero-order chi connectivity index (χ0) is 22.6. The minimum absolute atomic E-state index is 0.0260. The maximum atomic E-state index is 13.7. The molecule has 13 heteroatoms. The van der Waals surface area contributed by atoms with E-state index in [0.717, 1.165) is 6.07 Å². The molecule has 2 aromatic rings. The van der Waals surface area contributed by atoms with Crippen molar-refractivity contribution in [1.29, 1.82) is 0 Å². The largest absolute Gasteiger partial charge is 0.463 e. The van der Waals surface area contributed by atoms with Crippen LogP contribution in [0.5, 0.6) is 11.5 Å². The SMILES string of the molecule is CCOC(=O)COC(=O)c1cc(Oc2c(F)c(F)c(F)c(F)c2F)ccc1[N+](=O)[O-]. The smallest absolute Gasteiger partial charge is 0.345 e. The Morgan fingerprint density at radius 1 is 0.967 bits per heavy atom. The van der Waals surface area contributed by atoms with Gasteiger partial charge in [-0.25, -0.2) is 22.8 Å². The second-order valence-electron chi connectivity index (χ2n) is 5.32. The number of esters is 2. The Kier molecular flexibility index (Phi) is 6.87. The summed E-state index contributed by atoms with van der Waals surface area (Å²) >= 11 is 0. The highest BCUT2D eigenvalue weighted by atomic mass is 19.2. The summed E-state index contributed by atoms with van der Waals surface area (Å²) in [5.41, 5.74) is -1.65. The Hall–Kier alpha value is -3.77. The summed E-state index contributed by atoms with van der Waals surface area (Å²) in [6.07, 6.45) is 0. The van der Waals surface area contributed by atoms with E-state index in [9.17, 15) is 41.7 Å². The zero-order valence-corrected chi connectivity index (χ0v) is 14.8. The predicted octanol–water partition coefficient (Wildman–Crippen LogP) is 3.80. The average Bonchev–Trinajstić information content (AvgIpc) is 2.72. The second kappa shape index (κ2) is 9.15. The van der Waals surface area contributed by atoms with E-state index < -0.39 is 75.3 Å². The lowest BCUT2D eigenvalue weighted by atomic mass is 10.1. The van der Waals surface area contributed by atoms with Gasteiger partial charge in [0.25, 0.3) is 5.69 Å². The zero-order valence-electron chi connectivity index (χ0n) is 14.8. The maximum Gasteiger partial charge on any atom is 0.345 e. The quantitative estimate of drug-likeness (QED) is 0.163. The minimum Gasteiger partial charge on any atom is -0.463 e. The van der Waals surface area contributed by atoms with Gasteiger partial charge in [0, 0.05) is 12.1 Å². The molecule has 0 radical (unpaired) electrons. The van der Waals surface area contributed by atoms with E-state index in [2.05, 4.69) is 14.2 Å². The number of benzene rings is 2. The number of nitro groups is 1. The molecule has 160 valence electrons. The van der Waals surface area contributed by atoms with Crippen LogP contribution < -0.4 is 4.74 Å². The molecule has 0 saturated heterocycles. The Balaban J connectivity index is 2.41. The Bertz CT molecular complexity index is 999. The molecule has 0 aliphatic carbocycles. The van der Waals surface area contributed by atoms with Crippen LogP contribution in [0, 0.1) is 39.2 Å². The minimum atomic E-state index is -2.41. The summed E-state index contributed by atoms with van der Waals surface area (Å²) < 4.78 is 80.8. The third-order valence-corrected chi connectivity index (χ3v) is 3.40. The molecule has 0 N–H and O–H groups in total. The van der Waals surface area contributed by atoms with Gasteiger partial charge in [-0.15, -0.1) is 0 Å². The van der Waals surface area contributed by atoms with E-state index in [-0.39, 0.29) is 6.61 Å². The molecular weight excluding hydrogens is 425 g/mol. The lowest BCUT2D eigenvalue weighted by molar-refractivity contribution is -0.385. The predicted molar refractivity (Wildman–Crippen MR) is 86.3 cm³/mol. The van der Waals surface area contributed by atoms with E-state index in [1.54, 1.807) is 0 Å². The van der Waals surface area contributed by atoms with Gasteiger partial charge in [-0.05, 0) is 13.0 Å². The molecule has 0 unspecified atom stereocenters. The van der Waals surface area contributed by atoms with Crippen molar-refractivity contribution in [3.8, 4) is 11.5 Å². The molecule has 0 bridgehead atoms. The summed E-state index contributed by atoms with van der Waals surface area (Å²) in [5.74, 6) is -16.3. The van der Waals surface area contributed by atoms with E-state index in [4.69, 9.17) is 0 Å². The van der Waals surface area contributed by atoms with Gasteiger partial charge >= 0.3 is 11.9 Å². The fraction of sp³-hybridized carbons (Fsp3) is 0.176. The number of carbonyl (C=O) groups is 2. The molecule has 2 rings (SSSR count). The van der Waals surface area contributed by atoms with Crippen molar-refractivity contribution in [2.75, 3.05) is 13.2 Å². The lowest BCUT2D eigenvalue weighted by Crippen LogP contribution is -2.17. The van der Waals surface area contributed by atoms with Gasteiger partial charge in [-0.3, -0.25) is 10.1 Å². The van der Waals surface area contributed by atoms with Crippen LogP contribution in [0.3, 0.4) is 0 Å². The molecule has 0 amide bonds. The number of hydrogen-bond donors (Lipinski definition) is 0. The highest BCUT2D eigenvalue weighted by molar-refractivity contribution is 5.95. The van der Waals surface area contributed by atoms with Gasteiger partial charge in [0.15, 0.2) is 6.61 Å². The summed E-state index contributed by atoms with van der Waals surface area (Å²) in [4.78, 5) is 33.4. The molecule has 0 aliphatic heterocycles. The highest BCUT2D eigenvalue weighted by Gasteiger charge is 2.29. The Morgan fingerprint density at radius 3 is 2.07 bits per heavy atom. The molecule has 8 nitrogen and oxygen atoms in total. The van der Waals surface area contributed by atoms with Crippen LogP contribution in [-0.4, -0.2) is 30.1 Å². The van der Waals surface area contributed by atoms with Gasteiger partial charge in [-0.2, -0.15) is 8.78 Å². The van der Waals surface area contributed by atoms with E-state index in [1.807, 2.05) is 0 Å². The molecule has 0 heterocycles. The monoisotopic (exact) mass is 435 g/mol. The van der Waals surface area contributed by atoms with Crippen LogP contribution in [-0.2, 0) is 14.3 Å². The van der Waals surface area contributed by atoms with Crippen molar-refractivity contribution in [3.63, 3.8) is 0 Å². The number of nitro benzene ring substituents is 1. The van der Waals surface area contributed by atoms with E-state index in [1.165, 1.54) is 6.92 Å². The molecule has 0 spiro atoms. The van der Waals surface area contributed by atoms with Crippen LogP contribution in [0.25, 0.3) is 0 Å². The lowest BCUT2D eigenvalue weighted by Gasteiger charge is -2.11. The fourth-order valence-electron chi connectivity index (χ4n) is 2.10. The van der Waals surface area contributed by atoms with Gasteiger partial charge < -0.3 is 14.2 Å². The van der Waals surface area contributed by atoms with Crippen molar-refractivity contribution in [3.05, 3.63) is 63.0 Å². The molecular formula is C17H10F5NO7. The van der Waals surface area contributed by atoms with E-state index in [0.29, 0.717) is 12.1 Å². The standard InChI is InChI=1S/C17H10F5NO7/c1-2-28-10(24)6-29-17(25)8-5-7(3-4-9(8)23(26)27)30-16-14(21)12(19)11(18)13(20)15(16)22/h3-5H,2,6H2,1H3. The first-order valence-corrected chi connectivity index (χ1v) is 7.88. The van der Waals surface area contributed by atoms with Crippen LogP contribution in [0.2, 0.25) is 0 Å². The molecule has 30 heavy (non-hydrogen) atoms. The van der Waals surface area contributed by atoms with Gasteiger partial charge in [0.05, 0.1) is 11.5 Å². The molecule has 0 aliphatic rings. The summed E-state index contributed by atoms with van der Waals surface area (Å²) in [5, 5.41) is 11.1. The van der Waals surface area contributed by atoms with Crippen molar-refractivity contribution >= 4 is 17.6 Å². The number of hydrogen-bond acceptors (Lipinski definition) is 7. The fourth-order valence-corrected chi connectivity index (χ4v) is 2.10. The van der Waals surface area contributed by atoms with Crippen LogP contribution in [0.15, 0.2) is 18.2 Å². The van der Waals surface area contributed by atoms with Crippen LogP contribution >= 0.6 is 0 Å². The third kappa shape index (κ3) is 4.61. The van der Waals surface area contributed by atoms with Crippen molar-refractivity contribution in [1.82, 2.24) is 0 Å². The van der Waals surface area contributed by atoms with Gasteiger partial charge in [-0.1, -0.05) is 0 Å². The molecule has 0 saturated carbocycles. The highest BCUT2D eigenvalue weighted by Crippen LogP contribution is 2.34. The topological polar surface area (TPSA) is 105 Å². The summed E-state index contributed by atoms with van der Waals surface area (Å²) in [7, 11) is 0. The first-order valence-electron chi connectivity index (χ1n) is 7.88. The van der Waals surface area contributed by atoms with Crippen LogP contribution in [0.1, 0.15) is 17.3 Å². The summed E-state index contributed by atoms with van der Waals surface area (Å²) in [6.45, 7) is 0.555. The number of rotatable bonds is 7. The number of carbonyl (C=O) groups excluding carboxylic acids is 2. The van der Waals surface area contributed by atoms with Crippen molar-refractivity contribution in [2.45, 2.75) is 6.92 Å². The van der Waals surface area contributed by atoms with Crippen molar-refractivity contribution < 1.29 is 50.7 Å². The molecule has 0 aromatic heterocycles. The Labute approximate surface area is 163 Å². The average molecular weight is 435 g/mol. The molecule has 2 aromatic carbocycles. The molecule has 0 atom stereocenters. The maximum absolute atomic E-state index is 13.7. The second-order valence-corrected chi connectivity index (χ2v) is 5.32. The van der Waals surface area contributed by atoms with Gasteiger partial charge in [0.2, 0.25) is 34.8 Å². The summed E-state index contributed by atoms with van der Waals surface area (Å²) in [6, 6.07) is 1.99. The van der Waals surface area contributed by atoms with E-state index >= 15 is 0 Å². The number of halogens is 5. The first-order chi connectivity index (χ1) is 14.1. The third-order valence-electron chi connectivity index (χ3n) is 3.40. The first kappa shape index (κ1) is 22.5. The Morgan fingerprint density at radius 2 is 1.53 bits per heavy atom. The normalized spacial score (nSPS) is 10.5. The number of nitrogens with zero attached hydrogens (tertiary/aromatic N) is 1. The number of ether oxygens (including phenoxy) is 3.